The monoisotopic (exact) mass is 495 g/mol. The number of methoxy groups -OCH3 is 1. The molecule has 0 aromatic heterocycles. The summed E-state index contributed by atoms with van der Waals surface area (Å²) in [5.74, 6) is -1.41. The summed E-state index contributed by atoms with van der Waals surface area (Å²) in [5, 5.41) is 0.676. The average molecular weight is 496 g/mol. The molecule has 13 nitrogen and oxygen atoms in total. The number of primary amides is 1. The minimum Gasteiger partial charge on any atom is -0.469 e. The number of fused-ring (bicyclic) bond motifs is 2. The van der Waals surface area contributed by atoms with Gasteiger partial charge in [0, 0.05) is 13.0 Å². The van der Waals surface area contributed by atoms with Crippen molar-refractivity contribution in [2.75, 3.05) is 26.9 Å². The normalized spacial score (nSPS) is 20.1. The second kappa shape index (κ2) is 12.1. The molecule has 0 saturated carbocycles. The smallest absolute Gasteiger partial charge is 0.421 e. The molecule has 2 aliphatic heterocycles. The fraction of sp³-hybridized carbons (Fsp3) is 0.789. The van der Waals surface area contributed by atoms with Gasteiger partial charge >= 0.3 is 28.4 Å². The van der Waals surface area contributed by atoms with E-state index in [1.165, 1.54) is 25.9 Å². The predicted molar refractivity (Wildman–Crippen MR) is 113 cm³/mol. The molecule has 0 radical (unpaired) electrons. The van der Waals surface area contributed by atoms with Gasteiger partial charge in [-0.05, 0) is 40.0 Å². The molecule has 190 valence electrons. The molecule has 2 rings (SSSR count). The zero-order valence-corrected chi connectivity index (χ0v) is 20.4. The molecule has 2 atom stereocenters. The maximum atomic E-state index is 12.3. The zero-order chi connectivity index (χ0) is 25.4. The van der Waals surface area contributed by atoms with Crippen LogP contribution in [-0.2, 0) is 42.7 Å². The van der Waals surface area contributed by atoms with Crippen LogP contribution in [-0.4, -0.2) is 81.2 Å². The minimum absolute atomic E-state index is 0.123. The lowest BCUT2D eigenvalue weighted by atomic mass is 9.95. The number of nitrogens with two attached hydrogens (primary N) is 1. The topological polar surface area (TPSA) is 172 Å². The van der Waals surface area contributed by atoms with E-state index in [4.69, 9.17) is 18.9 Å². The maximum absolute atomic E-state index is 12.3. The van der Waals surface area contributed by atoms with Crippen LogP contribution in [0.4, 0.5) is 4.79 Å². The maximum Gasteiger partial charge on any atom is 0.421 e. The third-order valence-corrected chi connectivity index (χ3v) is 5.65. The highest BCUT2D eigenvalue weighted by Crippen LogP contribution is 2.31. The van der Waals surface area contributed by atoms with Crippen LogP contribution in [0.25, 0.3) is 0 Å². The molecule has 0 spiro atoms. The van der Waals surface area contributed by atoms with Gasteiger partial charge in [0.15, 0.2) is 0 Å². The lowest BCUT2D eigenvalue weighted by Gasteiger charge is -2.27. The standard InChI is InChI=1S/C14H23N3O8S.C5H10O2/c1-4-23-12(19)14(2,3)8-24-26(21,22)25-17-9-5-6-10(11(15)18)16(7-9)13(17)20;1-3-4-5(6)7-2/h9-10H,4-8H2,1-3H3,(H2,15,18);3-4H2,1-2H3/t9-,10+;/m1./s1. The molecular formula is C19H33N3O10S. The number of rotatable bonds is 10. The van der Waals surface area contributed by atoms with E-state index in [2.05, 4.69) is 4.74 Å². The minimum atomic E-state index is -4.60. The lowest BCUT2D eigenvalue weighted by molar-refractivity contribution is -0.155. The number of hydrogen-bond acceptors (Lipinski definition) is 10. The van der Waals surface area contributed by atoms with Crippen LogP contribution in [0.1, 0.15) is 53.4 Å². The lowest BCUT2D eigenvalue weighted by Crippen LogP contribution is -2.47. The van der Waals surface area contributed by atoms with E-state index in [-0.39, 0.29) is 19.1 Å². The van der Waals surface area contributed by atoms with Gasteiger partial charge in [-0.15, -0.1) is 4.28 Å². The summed E-state index contributed by atoms with van der Waals surface area (Å²) in [6, 6.07) is -2.10. The summed E-state index contributed by atoms with van der Waals surface area (Å²) < 4.78 is 42.8. The van der Waals surface area contributed by atoms with Gasteiger partial charge in [0.05, 0.1) is 31.8 Å². The number of nitrogens with zero attached hydrogens (tertiary/aromatic N) is 2. The predicted octanol–water partition coefficient (Wildman–Crippen LogP) is 0.482. The third-order valence-electron chi connectivity index (χ3n) is 4.90. The van der Waals surface area contributed by atoms with Crippen LogP contribution in [0.2, 0.25) is 0 Å². The molecule has 2 N–H and O–H groups in total. The Kier molecular flexibility index (Phi) is 10.5. The first-order valence-electron chi connectivity index (χ1n) is 10.5. The fourth-order valence-corrected chi connectivity index (χ4v) is 3.92. The summed E-state index contributed by atoms with van der Waals surface area (Å²) in [7, 11) is -3.20. The van der Waals surface area contributed by atoms with Crippen LogP contribution in [0.3, 0.4) is 0 Å². The van der Waals surface area contributed by atoms with Crippen molar-refractivity contribution in [1.29, 1.82) is 0 Å². The molecular weight excluding hydrogens is 462 g/mol. The highest BCUT2D eigenvalue weighted by Gasteiger charge is 2.49. The van der Waals surface area contributed by atoms with Crippen LogP contribution in [0, 0.1) is 5.41 Å². The van der Waals surface area contributed by atoms with E-state index in [9.17, 15) is 27.6 Å². The van der Waals surface area contributed by atoms with E-state index in [1.807, 2.05) is 6.92 Å². The average Bonchev–Trinajstić information content (AvgIpc) is 2.97. The van der Waals surface area contributed by atoms with E-state index in [0.717, 1.165) is 6.42 Å². The fourth-order valence-electron chi connectivity index (χ4n) is 3.06. The molecule has 2 bridgehead atoms. The van der Waals surface area contributed by atoms with Crippen molar-refractivity contribution in [2.45, 2.75) is 65.5 Å². The Morgan fingerprint density at radius 1 is 1.18 bits per heavy atom. The van der Waals surface area contributed by atoms with Crippen molar-refractivity contribution in [3.63, 3.8) is 0 Å². The molecule has 14 heteroatoms. The molecule has 0 aliphatic carbocycles. The Morgan fingerprint density at radius 2 is 1.82 bits per heavy atom. The highest BCUT2D eigenvalue weighted by molar-refractivity contribution is 7.81. The largest absolute Gasteiger partial charge is 0.469 e. The summed E-state index contributed by atoms with van der Waals surface area (Å²) in [6.45, 7) is 6.24. The third kappa shape index (κ3) is 8.12. The van der Waals surface area contributed by atoms with Crippen LogP contribution in [0.15, 0.2) is 0 Å². The molecule has 2 aliphatic rings. The molecule has 3 amide bonds. The molecule has 2 saturated heterocycles. The van der Waals surface area contributed by atoms with Crippen molar-refractivity contribution in [2.24, 2.45) is 11.1 Å². The highest BCUT2D eigenvalue weighted by atomic mass is 32.3. The Bertz CT molecular complexity index is 830. The Morgan fingerprint density at radius 3 is 2.30 bits per heavy atom. The number of amides is 3. The quantitative estimate of drug-likeness (QED) is 0.420. The number of ether oxygens (including phenoxy) is 2. The number of carbonyl (C=O) groups is 4. The number of hydroxylamine groups is 2. The summed E-state index contributed by atoms with van der Waals surface area (Å²) >= 11 is 0. The summed E-state index contributed by atoms with van der Waals surface area (Å²) in [5.41, 5.74) is 4.03. The summed E-state index contributed by atoms with van der Waals surface area (Å²) in [4.78, 5) is 46.8. The molecule has 2 heterocycles. The SMILES string of the molecule is CCCC(=O)OC.CCOC(=O)C(C)(C)COS(=O)(=O)ON1C(=O)N2C[C@H]1CC[C@H]2C(N)=O. The van der Waals surface area contributed by atoms with Gasteiger partial charge in [-0.1, -0.05) is 6.92 Å². The van der Waals surface area contributed by atoms with E-state index in [0.29, 0.717) is 24.3 Å². The zero-order valence-electron chi connectivity index (χ0n) is 19.6. The second-order valence-electron chi connectivity index (χ2n) is 8.09. The van der Waals surface area contributed by atoms with E-state index in [1.54, 1.807) is 6.92 Å². The van der Waals surface area contributed by atoms with E-state index >= 15 is 0 Å². The molecule has 33 heavy (non-hydrogen) atoms. The van der Waals surface area contributed by atoms with Gasteiger partial charge in [0.25, 0.3) is 0 Å². The number of carbonyl (C=O) groups excluding carboxylic acids is 4. The van der Waals surface area contributed by atoms with Gasteiger partial charge in [-0.25, -0.2) is 8.98 Å². The van der Waals surface area contributed by atoms with Crippen molar-refractivity contribution < 1.29 is 45.5 Å². The Balaban J connectivity index is 0.000000675. The van der Waals surface area contributed by atoms with Gasteiger partial charge < -0.3 is 20.1 Å². The molecule has 0 aromatic carbocycles. The van der Waals surface area contributed by atoms with Gasteiger partial charge in [-0.2, -0.15) is 13.5 Å². The van der Waals surface area contributed by atoms with Gasteiger partial charge in [0.2, 0.25) is 5.91 Å². The van der Waals surface area contributed by atoms with Crippen molar-refractivity contribution >= 4 is 34.3 Å². The van der Waals surface area contributed by atoms with Gasteiger partial charge in [-0.3, -0.25) is 14.4 Å². The Hall–Kier alpha value is -2.45. The van der Waals surface area contributed by atoms with Crippen molar-refractivity contribution in [3.8, 4) is 0 Å². The summed E-state index contributed by atoms with van der Waals surface area (Å²) in [6.07, 6.45) is 2.09. The molecule has 0 aromatic rings. The Labute approximate surface area is 193 Å². The first-order chi connectivity index (χ1) is 15.3. The number of esters is 2. The van der Waals surface area contributed by atoms with Crippen LogP contribution >= 0.6 is 0 Å². The van der Waals surface area contributed by atoms with Crippen LogP contribution in [0.5, 0.6) is 0 Å². The van der Waals surface area contributed by atoms with Crippen molar-refractivity contribution in [3.05, 3.63) is 0 Å². The first-order valence-corrected chi connectivity index (χ1v) is 11.8. The number of hydrogen-bond donors (Lipinski definition) is 1. The molecule has 0 unspecified atom stereocenters. The van der Waals surface area contributed by atoms with Gasteiger partial charge in [0.1, 0.15) is 6.04 Å². The first kappa shape index (κ1) is 28.6. The number of urea groups is 1. The number of piperidine rings is 1. The van der Waals surface area contributed by atoms with E-state index < -0.39 is 52.4 Å². The van der Waals surface area contributed by atoms with Crippen LogP contribution < -0.4 is 5.73 Å². The van der Waals surface area contributed by atoms with Crippen molar-refractivity contribution in [1.82, 2.24) is 9.96 Å². The second-order valence-corrected chi connectivity index (χ2v) is 9.29. The molecule has 2 fully saturated rings.